The number of amides is 2. The highest BCUT2D eigenvalue weighted by Crippen LogP contribution is 2.40. The number of aromatic nitrogens is 2. The third kappa shape index (κ3) is 3.90. The molecule has 1 saturated heterocycles. The SMILES string of the molecule is NC(=O)[N+]1(c2cccnn2)CCN(C2CCOc3cc(OC(F)(F)F)ccc32)CC1. The summed E-state index contributed by atoms with van der Waals surface area (Å²) in [6.07, 6.45) is -2.54. The number of carbonyl (C=O) groups is 1. The van der Waals surface area contributed by atoms with Crippen LogP contribution in [-0.4, -0.2) is 60.3 Å². The normalized spacial score (nSPS) is 21.4. The van der Waals surface area contributed by atoms with E-state index in [9.17, 15) is 18.0 Å². The van der Waals surface area contributed by atoms with Crippen LogP contribution in [0.1, 0.15) is 18.0 Å². The first-order chi connectivity index (χ1) is 14.3. The van der Waals surface area contributed by atoms with E-state index in [0.29, 0.717) is 50.8 Å². The van der Waals surface area contributed by atoms with Gasteiger partial charge in [-0.3, -0.25) is 4.90 Å². The van der Waals surface area contributed by atoms with Crippen LogP contribution in [0.25, 0.3) is 0 Å². The van der Waals surface area contributed by atoms with Crippen LogP contribution < -0.4 is 19.7 Å². The molecule has 1 aromatic carbocycles. The first-order valence-electron chi connectivity index (χ1n) is 9.50. The van der Waals surface area contributed by atoms with Crippen molar-refractivity contribution >= 4 is 11.8 Å². The molecule has 2 aromatic rings. The van der Waals surface area contributed by atoms with Crippen molar-refractivity contribution in [2.75, 3.05) is 32.8 Å². The van der Waals surface area contributed by atoms with E-state index in [4.69, 9.17) is 10.5 Å². The predicted molar refractivity (Wildman–Crippen MR) is 101 cm³/mol. The second-order valence-electron chi connectivity index (χ2n) is 7.27. The Morgan fingerprint density at radius 2 is 2.03 bits per heavy atom. The number of nitrogens with two attached hydrogens (primary N) is 1. The van der Waals surface area contributed by atoms with E-state index in [1.54, 1.807) is 18.2 Å². The summed E-state index contributed by atoms with van der Waals surface area (Å²) in [7, 11) is 0. The van der Waals surface area contributed by atoms with E-state index >= 15 is 0 Å². The lowest BCUT2D eigenvalue weighted by molar-refractivity contribution is -0.274. The van der Waals surface area contributed by atoms with E-state index in [1.807, 2.05) is 0 Å². The van der Waals surface area contributed by atoms with E-state index in [0.717, 1.165) is 5.56 Å². The number of quaternary nitrogens is 1. The van der Waals surface area contributed by atoms with Crippen molar-refractivity contribution in [2.45, 2.75) is 18.8 Å². The molecule has 0 spiro atoms. The van der Waals surface area contributed by atoms with Crippen LogP contribution in [0.5, 0.6) is 11.5 Å². The molecule has 2 aliphatic rings. The van der Waals surface area contributed by atoms with Crippen molar-refractivity contribution in [3.8, 4) is 11.5 Å². The van der Waals surface area contributed by atoms with Crippen LogP contribution in [0.3, 0.4) is 0 Å². The van der Waals surface area contributed by atoms with E-state index in [1.165, 1.54) is 18.3 Å². The van der Waals surface area contributed by atoms with Gasteiger partial charge in [-0.25, -0.2) is 4.79 Å². The van der Waals surface area contributed by atoms with E-state index < -0.39 is 12.4 Å². The zero-order chi connectivity index (χ0) is 21.4. The fourth-order valence-electron chi connectivity index (χ4n) is 4.15. The summed E-state index contributed by atoms with van der Waals surface area (Å²) in [5, 5.41) is 7.95. The van der Waals surface area contributed by atoms with Crippen molar-refractivity contribution in [3.05, 3.63) is 42.1 Å². The van der Waals surface area contributed by atoms with Gasteiger partial charge in [-0.2, -0.15) is 9.58 Å². The molecule has 0 radical (unpaired) electrons. The summed E-state index contributed by atoms with van der Waals surface area (Å²) in [6.45, 7) is 2.35. The molecule has 0 saturated carbocycles. The lowest BCUT2D eigenvalue weighted by atomic mass is 9.97. The molecular weight excluding hydrogens is 403 g/mol. The molecule has 2 N–H and O–H groups in total. The van der Waals surface area contributed by atoms with Crippen LogP contribution in [-0.2, 0) is 0 Å². The molecule has 8 nitrogen and oxygen atoms in total. The average Bonchev–Trinajstić information content (AvgIpc) is 2.72. The molecule has 4 rings (SSSR count). The number of benzene rings is 1. The minimum absolute atomic E-state index is 0.0365. The maximum absolute atomic E-state index is 12.5. The van der Waals surface area contributed by atoms with Crippen molar-refractivity contribution in [1.29, 1.82) is 0 Å². The van der Waals surface area contributed by atoms with Gasteiger partial charge < -0.3 is 15.2 Å². The van der Waals surface area contributed by atoms with Gasteiger partial charge in [-0.15, -0.1) is 13.2 Å². The van der Waals surface area contributed by atoms with Crippen LogP contribution in [0, 0.1) is 0 Å². The van der Waals surface area contributed by atoms with Crippen LogP contribution in [0.4, 0.5) is 23.8 Å². The van der Waals surface area contributed by atoms with Gasteiger partial charge in [0.05, 0.1) is 12.8 Å². The number of primary amides is 1. The standard InChI is InChI=1S/C19H20F3N5O3/c20-19(21,22)30-13-3-4-14-15(5-11-29-16(14)12-13)26-7-9-27(10-8-26,18(23)28)17-2-1-6-24-25-17/h1-4,6,12,15H,5,7-11H2,(H-,23,28)/p+1. The lowest BCUT2D eigenvalue weighted by Crippen LogP contribution is -2.66. The van der Waals surface area contributed by atoms with Gasteiger partial charge in [-0.1, -0.05) is 11.2 Å². The number of hydrogen-bond donors (Lipinski definition) is 1. The average molecular weight is 424 g/mol. The molecule has 160 valence electrons. The van der Waals surface area contributed by atoms with Crippen LogP contribution in [0.2, 0.25) is 0 Å². The molecule has 0 bridgehead atoms. The molecule has 3 heterocycles. The van der Waals surface area contributed by atoms with Gasteiger partial charge >= 0.3 is 12.4 Å². The fourth-order valence-corrected chi connectivity index (χ4v) is 4.15. The monoisotopic (exact) mass is 424 g/mol. The Labute approximate surface area is 170 Å². The first-order valence-corrected chi connectivity index (χ1v) is 9.50. The Bertz CT molecular complexity index is 917. The molecule has 2 amide bonds. The Hall–Kier alpha value is -2.92. The summed E-state index contributed by atoms with van der Waals surface area (Å²) in [4.78, 5) is 14.5. The molecule has 30 heavy (non-hydrogen) atoms. The Kier molecular flexibility index (Phi) is 5.24. The number of fused-ring (bicyclic) bond motifs is 1. The molecule has 1 aromatic heterocycles. The zero-order valence-corrected chi connectivity index (χ0v) is 16.0. The third-order valence-corrected chi connectivity index (χ3v) is 5.62. The van der Waals surface area contributed by atoms with Gasteiger partial charge in [0.25, 0.3) is 5.82 Å². The highest BCUT2D eigenvalue weighted by molar-refractivity contribution is 5.84. The van der Waals surface area contributed by atoms with Gasteiger partial charge in [0.1, 0.15) is 24.6 Å². The van der Waals surface area contributed by atoms with Crippen molar-refractivity contribution < 1.29 is 27.4 Å². The lowest BCUT2D eigenvalue weighted by Gasteiger charge is -2.43. The number of halogens is 3. The smallest absolute Gasteiger partial charge is 0.493 e. The zero-order valence-electron chi connectivity index (χ0n) is 16.0. The molecular formula is C19H21F3N5O3+. The quantitative estimate of drug-likeness (QED) is 0.762. The van der Waals surface area contributed by atoms with E-state index in [-0.39, 0.29) is 16.3 Å². The third-order valence-electron chi connectivity index (χ3n) is 5.62. The first kappa shape index (κ1) is 20.4. The molecule has 1 fully saturated rings. The molecule has 11 heteroatoms. The van der Waals surface area contributed by atoms with Gasteiger partial charge in [-0.05, 0) is 12.1 Å². The van der Waals surface area contributed by atoms with Crippen molar-refractivity contribution in [2.24, 2.45) is 5.73 Å². The Morgan fingerprint density at radius 3 is 2.67 bits per heavy atom. The Morgan fingerprint density at radius 1 is 1.27 bits per heavy atom. The number of alkyl halides is 3. The summed E-state index contributed by atoms with van der Waals surface area (Å²) in [5.41, 5.74) is 6.52. The van der Waals surface area contributed by atoms with E-state index in [2.05, 4.69) is 19.8 Å². The summed E-state index contributed by atoms with van der Waals surface area (Å²) in [6, 6.07) is 7.09. The molecule has 0 aliphatic carbocycles. The maximum atomic E-state index is 12.5. The molecule has 1 unspecified atom stereocenters. The summed E-state index contributed by atoms with van der Waals surface area (Å²) >= 11 is 0. The number of rotatable bonds is 3. The number of urea groups is 1. The largest absolute Gasteiger partial charge is 0.573 e. The fraction of sp³-hybridized carbons (Fsp3) is 0.421. The maximum Gasteiger partial charge on any atom is 0.573 e. The number of ether oxygens (including phenoxy) is 2. The van der Waals surface area contributed by atoms with Crippen LogP contribution >= 0.6 is 0 Å². The number of piperazine rings is 1. The van der Waals surface area contributed by atoms with Gasteiger partial charge in [0.15, 0.2) is 0 Å². The number of hydrogen-bond acceptors (Lipinski definition) is 6. The minimum atomic E-state index is -4.76. The summed E-state index contributed by atoms with van der Waals surface area (Å²) < 4.78 is 47.0. The van der Waals surface area contributed by atoms with Gasteiger partial charge in [0.2, 0.25) is 0 Å². The highest BCUT2D eigenvalue weighted by atomic mass is 19.4. The van der Waals surface area contributed by atoms with Crippen molar-refractivity contribution in [3.63, 3.8) is 0 Å². The second kappa shape index (κ2) is 7.73. The number of carbonyl (C=O) groups excluding carboxylic acids is 1. The molecule has 2 aliphatic heterocycles. The summed E-state index contributed by atoms with van der Waals surface area (Å²) in [5.74, 6) is 0.571. The number of nitrogens with zero attached hydrogens (tertiary/aromatic N) is 4. The van der Waals surface area contributed by atoms with Gasteiger partial charge in [0, 0.05) is 43.2 Å². The van der Waals surface area contributed by atoms with Crippen molar-refractivity contribution in [1.82, 2.24) is 19.6 Å². The minimum Gasteiger partial charge on any atom is -0.493 e. The highest BCUT2D eigenvalue weighted by Gasteiger charge is 2.44. The van der Waals surface area contributed by atoms with Crippen LogP contribution in [0.15, 0.2) is 36.5 Å². The topological polar surface area (TPSA) is 90.6 Å². The Balaban J connectivity index is 1.53. The predicted octanol–water partition coefficient (Wildman–Crippen LogP) is 2.60. The molecule has 1 atom stereocenters. The second-order valence-corrected chi connectivity index (χ2v) is 7.27.